The van der Waals surface area contributed by atoms with Crippen molar-refractivity contribution in [3.63, 3.8) is 0 Å². The maximum atomic E-state index is 12.9. The van der Waals surface area contributed by atoms with Crippen molar-refractivity contribution in [2.24, 2.45) is 0 Å². The number of hydrogen-bond donors (Lipinski definition) is 0. The number of hydrogen-bond acceptors (Lipinski definition) is 1. The quantitative estimate of drug-likeness (QED) is 0.566. The molecule has 0 radical (unpaired) electrons. The summed E-state index contributed by atoms with van der Waals surface area (Å²) >= 11 is 0. The van der Waals surface area contributed by atoms with Gasteiger partial charge in [-0.25, -0.2) is 4.39 Å². The van der Waals surface area contributed by atoms with Crippen molar-refractivity contribution in [3.05, 3.63) is 35.1 Å². The highest BCUT2D eigenvalue weighted by Gasteiger charge is 2.37. The molecule has 0 unspecified atom stereocenters. The molecule has 16 heavy (non-hydrogen) atoms. The highest BCUT2D eigenvalue weighted by atomic mass is 19.4. The van der Waals surface area contributed by atoms with E-state index in [-0.39, 0.29) is 5.56 Å². The summed E-state index contributed by atoms with van der Waals surface area (Å²) in [7, 11) is 0. The van der Waals surface area contributed by atoms with Crippen LogP contribution in [0.25, 0.3) is 0 Å². The minimum Gasteiger partial charge on any atom is -0.302 e. The summed E-state index contributed by atoms with van der Waals surface area (Å²) in [4.78, 5) is 10.7. The number of carbonyl (C=O) groups excluding carboxylic acids is 1. The maximum absolute atomic E-state index is 12.9. The average molecular weight is 234 g/mol. The first-order valence-electron chi connectivity index (χ1n) is 4.52. The van der Waals surface area contributed by atoms with Gasteiger partial charge in [0, 0.05) is 5.41 Å². The Labute approximate surface area is 90.1 Å². The SMILES string of the molecule is CC(C)(C=O)c1cc(F)ccc1C(F)(F)F. The van der Waals surface area contributed by atoms with E-state index in [1.807, 2.05) is 0 Å². The van der Waals surface area contributed by atoms with Gasteiger partial charge in [-0.2, -0.15) is 13.2 Å². The number of alkyl halides is 3. The van der Waals surface area contributed by atoms with Crippen molar-refractivity contribution in [3.8, 4) is 0 Å². The average Bonchev–Trinajstić information content (AvgIpc) is 2.15. The smallest absolute Gasteiger partial charge is 0.302 e. The normalized spacial score (nSPS) is 12.6. The molecule has 0 saturated carbocycles. The van der Waals surface area contributed by atoms with Gasteiger partial charge in [0.2, 0.25) is 0 Å². The molecule has 1 aromatic rings. The van der Waals surface area contributed by atoms with Gasteiger partial charge in [-0.15, -0.1) is 0 Å². The number of halogens is 4. The molecule has 0 aliphatic heterocycles. The van der Waals surface area contributed by atoms with E-state index in [2.05, 4.69) is 0 Å². The molecular weight excluding hydrogens is 224 g/mol. The Bertz CT molecular complexity index is 407. The number of aldehydes is 1. The standard InChI is InChI=1S/C11H10F4O/c1-10(2,6-16)9-5-7(12)3-4-8(9)11(13,14)15/h3-6H,1-2H3. The zero-order valence-corrected chi connectivity index (χ0v) is 8.73. The van der Waals surface area contributed by atoms with Gasteiger partial charge in [0.05, 0.1) is 5.56 Å². The monoisotopic (exact) mass is 234 g/mol. The van der Waals surface area contributed by atoms with Crippen molar-refractivity contribution < 1.29 is 22.4 Å². The van der Waals surface area contributed by atoms with Crippen molar-refractivity contribution in [2.45, 2.75) is 25.4 Å². The van der Waals surface area contributed by atoms with E-state index in [9.17, 15) is 22.4 Å². The molecule has 0 aliphatic rings. The first-order chi connectivity index (χ1) is 7.18. The molecule has 0 bridgehead atoms. The summed E-state index contributed by atoms with van der Waals surface area (Å²) in [6.45, 7) is 2.62. The lowest BCUT2D eigenvalue weighted by Crippen LogP contribution is -2.24. The fourth-order valence-corrected chi connectivity index (χ4v) is 1.36. The van der Waals surface area contributed by atoms with Crippen molar-refractivity contribution >= 4 is 6.29 Å². The Kier molecular flexibility index (Phi) is 3.08. The minimum absolute atomic E-state index is 0.352. The summed E-state index contributed by atoms with van der Waals surface area (Å²) in [5.74, 6) is -0.794. The van der Waals surface area contributed by atoms with E-state index >= 15 is 0 Å². The number of benzene rings is 1. The molecule has 1 rings (SSSR count). The van der Waals surface area contributed by atoms with Crippen molar-refractivity contribution in [2.75, 3.05) is 0 Å². The van der Waals surface area contributed by atoms with Gasteiger partial charge in [0.15, 0.2) is 0 Å². The van der Waals surface area contributed by atoms with Crippen LogP contribution >= 0.6 is 0 Å². The van der Waals surface area contributed by atoms with E-state index in [0.717, 1.165) is 12.1 Å². The van der Waals surface area contributed by atoms with E-state index in [1.165, 1.54) is 13.8 Å². The van der Waals surface area contributed by atoms with Gasteiger partial charge in [-0.1, -0.05) is 0 Å². The fraction of sp³-hybridized carbons (Fsp3) is 0.364. The van der Waals surface area contributed by atoms with E-state index in [1.54, 1.807) is 0 Å². The van der Waals surface area contributed by atoms with Crippen LogP contribution in [-0.4, -0.2) is 6.29 Å². The lowest BCUT2D eigenvalue weighted by Gasteiger charge is -2.22. The molecule has 5 heteroatoms. The molecule has 0 spiro atoms. The van der Waals surface area contributed by atoms with E-state index < -0.39 is 23.0 Å². The third kappa shape index (κ3) is 2.40. The highest BCUT2D eigenvalue weighted by Crippen LogP contribution is 2.37. The third-order valence-corrected chi connectivity index (χ3v) is 2.28. The number of carbonyl (C=O) groups is 1. The summed E-state index contributed by atoms with van der Waals surface area (Å²) < 4.78 is 50.7. The van der Waals surface area contributed by atoms with Crippen LogP contribution < -0.4 is 0 Å². The molecule has 0 amide bonds. The van der Waals surface area contributed by atoms with Crippen LogP contribution in [0.2, 0.25) is 0 Å². The zero-order chi connectivity index (χ0) is 12.6. The van der Waals surface area contributed by atoms with Crippen LogP contribution in [0.1, 0.15) is 25.0 Å². The first-order valence-corrected chi connectivity index (χ1v) is 4.52. The molecule has 0 fully saturated rings. The van der Waals surface area contributed by atoms with Gasteiger partial charge in [0.25, 0.3) is 0 Å². The molecule has 0 N–H and O–H groups in total. The Balaban J connectivity index is 3.47. The van der Waals surface area contributed by atoms with Gasteiger partial charge in [-0.05, 0) is 37.6 Å². The topological polar surface area (TPSA) is 17.1 Å². The summed E-state index contributed by atoms with van der Waals surface area (Å²) in [5, 5.41) is 0. The van der Waals surface area contributed by atoms with Gasteiger partial charge < -0.3 is 4.79 Å². The Morgan fingerprint density at radius 2 is 1.69 bits per heavy atom. The van der Waals surface area contributed by atoms with Crippen LogP contribution in [0.4, 0.5) is 17.6 Å². The lowest BCUT2D eigenvalue weighted by atomic mass is 9.83. The molecule has 1 nitrogen and oxygen atoms in total. The summed E-state index contributed by atoms with van der Waals surface area (Å²) in [6, 6.07) is 2.13. The van der Waals surface area contributed by atoms with Gasteiger partial charge >= 0.3 is 6.18 Å². The number of rotatable bonds is 2. The molecule has 88 valence electrons. The molecule has 0 saturated heterocycles. The van der Waals surface area contributed by atoms with Crippen LogP contribution in [0.3, 0.4) is 0 Å². The maximum Gasteiger partial charge on any atom is 0.416 e. The molecule has 1 aromatic carbocycles. The lowest BCUT2D eigenvalue weighted by molar-refractivity contribution is -0.138. The van der Waals surface area contributed by atoms with Gasteiger partial charge in [0.1, 0.15) is 12.1 Å². The zero-order valence-electron chi connectivity index (χ0n) is 8.73. The summed E-state index contributed by atoms with van der Waals surface area (Å²) in [6.07, 6.45) is -4.22. The molecular formula is C11H10F4O. The van der Waals surface area contributed by atoms with E-state index in [0.29, 0.717) is 12.4 Å². The van der Waals surface area contributed by atoms with Crippen LogP contribution in [0, 0.1) is 5.82 Å². The second kappa shape index (κ2) is 3.88. The molecule has 0 aromatic heterocycles. The summed E-state index contributed by atoms with van der Waals surface area (Å²) in [5.41, 5.74) is -2.70. The second-order valence-corrected chi connectivity index (χ2v) is 4.03. The Hall–Kier alpha value is -1.39. The van der Waals surface area contributed by atoms with Crippen molar-refractivity contribution in [1.82, 2.24) is 0 Å². The van der Waals surface area contributed by atoms with E-state index in [4.69, 9.17) is 0 Å². The predicted molar refractivity (Wildman–Crippen MR) is 50.5 cm³/mol. The Morgan fingerprint density at radius 3 is 2.12 bits per heavy atom. The van der Waals surface area contributed by atoms with Crippen molar-refractivity contribution in [1.29, 1.82) is 0 Å². The third-order valence-electron chi connectivity index (χ3n) is 2.28. The second-order valence-electron chi connectivity index (χ2n) is 4.03. The molecule has 0 aliphatic carbocycles. The first kappa shape index (κ1) is 12.7. The molecule has 0 atom stereocenters. The van der Waals surface area contributed by atoms with Crippen LogP contribution in [0.5, 0.6) is 0 Å². The van der Waals surface area contributed by atoms with Gasteiger partial charge in [-0.3, -0.25) is 0 Å². The molecule has 0 heterocycles. The fourth-order valence-electron chi connectivity index (χ4n) is 1.36. The predicted octanol–water partition coefficient (Wildman–Crippen LogP) is 3.32. The largest absolute Gasteiger partial charge is 0.416 e. The Morgan fingerprint density at radius 1 is 1.12 bits per heavy atom. The minimum atomic E-state index is -4.59. The van der Waals surface area contributed by atoms with Crippen LogP contribution in [-0.2, 0) is 16.4 Å². The van der Waals surface area contributed by atoms with Crippen LogP contribution in [0.15, 0.2) is 18.2 Å². The highest BCUT2D eigenvalue weighted by molar-refractivity contribution is 5.68.